The fraction of sp³-hybridized carbons (Fsp3) is 0.222. The van der Waals surface area contributed by atoms with Gasteiger partial charge in [-0.25, -0.2) is 0 Å². The van der Waals surface area contributed by atoms with Crippen molar-refractivity contribution in [1.82, 2.24) is 14.8 Å². The third kappa shape index (κ3) is 4.02. The maximum Gasteiger partial charge on any atom is 0.251 e. The summed E-state index contributed by atoms with van der Waals surface area (Å²) in [5.74, 6) is 0.541. The van der Waals surface area contributed by atoms with E-state index in [0.29, 0.717) is 28.1 Å². The monoisotopic (exact) mass is 417 g/mol. The van der Waals surface area contributed by atoms with Crippen LogP contribution in [0.1, 0.15) is 23.0 Å². The van der Waals surface area contributed by atoms with Gasteiger partial charge in [0.25, 0.3) is 5.91 Å². The van der Waals surface area contributed by atoms with Crippen molar-refractivity contribution in [3.05, 3.63) is 47.8 Å². The zero-order valence-corrected chi connectivity index (χ0v) is 17.0. The Kier molecular flexibility index (Phi) is 6.00. The van der Waals surface area contributed by atoms with Crippen LogP contribution in [0.2, 0.25) is 0 Å². The molecule has 0 aromatic carbocycles. The highest BCUT2D eigenvalue weighted by atomic mass is 32.2. The van der Waals surface area contributed by atoms with Crippen molar-refractivity contribution in [2.75, 3.05) is 5.32 Å². The Balaban J connectivity index is 1.79. The van der Waals surface area contributed by atoms with Gasteiger partial charge in [0.1, 0.15) is 10.8 Å². The number of thioether (sulfide) groups is 1. The molecular formula is C18H19N5O3S2. The number of allylic oxidation sites excluding steroid dienone is 1. The average molecular weight is 418 g/mol. The predicted octanol–water partition coefficient (Wildman–Crippen LogP) is 3.31. The van der Waals surface area contributed by atoms with Gasteiger partial charge < -0.3 is 15.5 Å². The molecule has 0 unspecified atom stereocenters. The Morgan fingerprint density at radius 3 is 2.89 bits per heavy atom. The van der Waals surface area contributed by atoms with Crippen LogP contribution in [0.15, 0.2) is 46.0 Å². The Morgan fingerprint density at radius 1 is 1.46 bits per heavy atom. The minimum absolute atomic E-state index is 0.260. The minimum atomic E-state index is -0.581. The molecule has 0 spiro atoms. The molecule has 0 radical (unpaired) electrons. The van der Waals surface area contributed by atoms with E-state index in [9.17, 15) is 9.59 Å². The number of nitrogens with two attached hydrogens (primary N) is 1. The van der Waals surface area contributed by atoms with Crippen molar-refractivity contribution < 1.29 is 14.0 Å². The van der Waals surface area contributed by atoms with Crippen LogP contribution in [0, 0.1) is 6.92 Å². The van der Waals surface area contributed by atoms with E-state index in [1.165, 1.54) is 23.1 Å². The van der Waals surface area contributed by atoms with Crippen LogP contribution in [0.4, 0.5) is 5.00 Å². The molecular weight excluding hydrogens is 398 g/mol. The normalized spacial score (nSPS) is 11.9. The number of carbonyl (C=O) groups is 2. The van der Waals surface area contributed by atoms with Gasteiger partial charge >= 0.3 is 0 Å². The number of anilines is 1. The zero-order chi connectivity index (χ0) is 20.3. The second-order valence-electron chi connectivity index (χ2n) is 5.87. The summed E-state index contributed by atoms with van der Waals surface area (Å²) in [4.78, 5) is 24.0. The van der Waals surface area contributed by atoms with Crippen LogP contribution in [-0.2, 0) is 11.3 Å². The van der Waals surface area contributed by atoms with Gasteiger partial charge in [-0.15, -0.1) is 28.1 Å². The Hall–Kier alpha value is -2.85. The average Bonchev–Trinajstić information content (AvgIpc) is 3.36. The molecule has 3 N–H and O–H groups in total. The fourth-order valence-electron chi connectivity index (χ4n) is 2.51. The fourth-order valence-corrected chi connectivity index (χ4v) is 4.16. The first-order valence-corrected chi connectivity index (χ1v) is 10.1. The van der Waals surface area contributed by atoms with Gasteiger partial charge in [-0.2, -0.15) is 0 Å². The highest BCUT2D eigenvalue weighted by molar-refractivity contribution is 8.00. The Bertz CT molecular complexity index is 1020. The second kappa shape index (κ2) is 8.44. The lowest BCUT2D eigenvalue weighted by atomic mass is 10.2. The van der Waals surface area contributed by atoms with Crippen LogP contribution in [0.3, 0.4) is 0 Å². The summed E-state index contributed by atoms with van der Waals surface area (Å²) >= 11 is 2.51. The van der Waals surface area contributed by atoms with Crippen LogP contribution >= 0.6 is 23.1 Å². The molecule has 0 fully saturated rings. The van der Waals surface area contributed by atoms with Crippen molar-refractivity contribution >= 4 is 39.9 Å². The van der Waals surface area contributed by atoms with Crippen LogP contribution in [-0.4, -0.2) is 31.8 Å². The summed E-state index contributed by atoms with van der Waals surface area (Å²) in [5, 5.41) is 13.5. The molecule has 2 amide bonds. The van der Waals surface area contributed by atoms with Crippen molar-refractivity contribution in [3.63, 3.8) is 0 Å². The van der Waals surface area contributed by atoms with E-state index in [0.717, 1.165) is 11.3 Å². The number of nitrogens with one attached hydrogen (secondary N) is 1. The first-order chi connectivity index (χ1) is 13.4. The molecule has 3 heterocycles. The van der Waals surface area contributed by atoms with E-state index in [2.05, 4.69) is 22.1 Å². The lowest BCUT2D eigenvalue weighted by Gasteiger charge is -2.12. The van der Waals surface area contributed by atoms with Crippen molar-refractivity contribution in [1.29, 1.82) is 0 Å². The van der Waals surface area contributed by atoms with Crippen LogP contribution in [0.25, 0.3) is 11.4 Å². The maximum absolute atomic E-state index is 12.6. The van der Waals surface area contributed by atoms with Crippen molar-refractivity contribution in [2.45, 2.75) is 30.8 Å². The number of thiophene rings is 1. The Morgan fingerprint density at radius 2 is 2.25 bits per heavy atom. The topological polar surface area (TPSA) is 116 Å². The van der Waals surface area contributed by atoms with E-state index in [1.807, 2.05) is 17.6 Å². The van der Waals surface area contributed by atoms with Gasteiger partial charge in [0, 0.05) is 6.54 Å². The lowest BCUT2D eigenvalue weighted by Crippen LogP contribution is -2.24. The smallest absolute Gasteiger partial charge is 0.251 e. The molecule has 146 valence electrons. The largest absolute Gasteiger partial charge is 0.469 e. The number of primary amides is 1. The minimum Gasteiger partial charge on any atom is -0.469 e. The molecule has 10 heteroatoms. The molecule has 0 aliphatic rings. The van der Waals surface area contributed by atoms with Gasteiger partial charge in [-0.1, -0.05) is 17.8 Å². The summed E-state index contributed by atoms with van der Waals surface area (Å²) in [6.45, 7) is 7.87. The third-order valence-corrected chi connectivity index (χ3v) is 5.86. The number of hydrogen-bond acceptors (Lipinski definition) is 7. The number of nitrogens with zero attached hydrogens (tertiary/aromatic N) is 3. The number of carbonyl (C=O) groups excluding carboxylic acids is 2. The molecule has 0 bridgehead atoms. The number of aryl methyl sites for hydroxylation is 1. The molecule has 3 rings (SSSR count). The quantitative estimate of drug-likeness (QED) is 0.429. The van der Waals surface area contributed by atoms with Gasteiger partial charge in [0.2, 0.25) is 5.91 Å². The van der Waals surface area contributed by atoms with E-state index in [-0.39, 0.29) is 5.91 Å². The summed E-state index contributed by atoms with van der Waals surface area (Å²) in [7, 11) is 0. The number of amides is 2. The molecule has 0 saturated carbocycles. The van der Waals surface area contributed by atoms with Crippen LogP contribution in [0.5, 0.6) is 0 Å². The summed E-state index contributed by atoms with van der Waals surface area (Å²) in [5.41, 5.74) is 6.45. The highest BCUT2D eigenvalue weighted by Crippen LogP contribution is 2.30. The molecule has 0 saturated heterocycles. The SMILES string of the molecule is C=CCn1c(S[C@H](C)C(=O)Nc2sccc2C(N)=O)nnc1-c1ccoc1C. The first-order valence-electron chi connectivity index (χ1n) is 8.35. The zero-order valence-electron chi connectivity index (χ0n) is 15.3. The number of rotatable bonds is 8. The molecule has 0 aliphatic heterocycles. The number of furan rings is 1. The van der Waals surface area contributed by atoms with E-state index >= 15 is 0 Å². The van der Waals surface area contributed by atoms with Crippen molar-refractivity contribution in [3.8, 4) is 11.4 Å². The van der Waals surface area contributed by atoms with Gasteiger partial charge in [-0.05, 0) is 31.4 Å². The summed E-state index contributed by atoms with van der Waals surface area (Å²) in [6, 6.07) is 3.41. The Labute approximate surface area is 169 Å². The molecule has 1 atom stereocenters. The van der Waals surface area contributed by atoms with Gasteiger partial charge in [0.15, 0.2) is 11.0 Å². The van der Waals surface area contributed by atoms with Gasteiger partial charge in [-0.3, -0.25) is 14.2 Å². The van der Waals surface area contributed by atoms with E-state index in [1.54, 1.807) is 30.7 Å². The molecule has 3 aromatic rings. The summed E-state index contributed by atoms with van der Waals surface area (Å²) in [6.07, 6.45) is 3.33. The van der Waals surface area contributed by atoms with Crippen molar-refractivity contribution in [2.24, 2.45) is 5.73 Å². The standard InChI is InChI=1S/C18H19N5O3S2/c1-4-7-23-15(12-5-8-26-10(12)2)21-22-18(23)28-11(3)16(25)20-17-13(14(19)24)6-9-27-17/h4-6,8-9,11H,1,7H2,2-3H3,(H2,19,24)(H,20,25)/t11-/m1/s1. The lowest BCUT2D eigenvalue weighted by molar-refractivity contribution is -0.115. The molecule has 8 nitrogen and oxygen atoms in total. The summed E-state index contributed by atoms with van der Waals surface area (Å²) < 4.78 is 7.23. The third-order valence-electron chi connectivity index (χ3n) is 3.95. The number of hydrogen-bond donors (Lipinski definition) is 2. The van der Waals surface area contributed by atoms with Gasteiger partial charge in [0.05, 0.1) is 22.6 Å². The number of aromatic nitrogens is 3. The van der Waals surface area contributed by atoms with Crippen LogP contribution < -0.4 is 11.1 Å². The predicted molar refractivity (Wildman–Crippen MR) is 109 cm³/mol. The first kappa shape index (κ1) is 19.9. The maximum atomic E-state index is 12.6. The molecule has 28 heavy (non-hydrogen) atoms. The second-order valence-corrected chi connectivity index (χ2v) is 8.10. The molecule has 3 aromatic heterocycles. The highest BCUT2D eigenvalue weighted by Gasteiger charge is 2.23. The van der Waals surface area contributed by atoms with E-state index < -0.39 is 11.2 Å². The van der Waals surface area contributed by atoms with E-state index in [4.69, 9.17) is 10.2 Å². The molecule has 0 aliphatic carbocycles.